The molecule has 0 aliphatic heterocycles. The lowest BCUT2D eigenvalue weighted by Crippen LogP contribution is -2.35. The molecule has 4 aromatic rings. The Morgan fingerprint density at radius 3 is 2.24 bits per heavy atom. The van der Waals surface area contributed by atoms with Crippen LogP contribution in [0.2, 0.25) is 0 Å². The molecule has 2 amide bonds. The monoisotopic (exact) mass is 620 g/mol. The van der Waals surface area contributed by atoms with Crippen molar-refractivity contribution in [2.45, 2.75) is 25.9 Å². The van der Waals surface area contributed by atoms with Gasteiger partial charge in [-0.05, 0) is 68.3 Å². The zero-order valence-electron chi connectivity index (χ0n) is 24.4. The number of carbonyl (C=O) groups excluding carboxylic acids is 3. The normalized spacial score (nSPS) is 13.8. The summed E-state index contributed by atoms with van der Waals surface area (Å²) in [6.07, 6.45) is 1.56. The number of esters is 1. The molecule has 1 aliphatic carbocycles. The maximum absolute atomic E-state index is 15.2. The lowest BCUT2D eigenvalue weighted by atomic mass is 10.0. The average Bonchev–Trinajstić information content (AvgIpc) is 3.84. The van der Waals surface area contributed by atoms with Gasteiger partial charge in [-0.3, -0.25) is 19.4 Å². The molecule has 3 aromatic carbocycles. The molecule has 1 aliphatic rings. The number of halogens is 2. The standard InChI is InChI=1S/C32H30F2N4O7/c1-18(44-29(39)16-35)17-43-28-15-24-22(14-27(28)42-2)25(9-12-36-24)45-26-8-7-21(13-23(26)34)38-31(41)32(10-11-32)30(40)37-20-5-3-19(33)4-6-20/h3-9,12-15,18H,10-11,16-17,35H2,1-2H3,(H,37,40)(H,38,41). The smallest absolute Gasteiger partial charge is 0.320 e. The number of aromatic nitrogens is 1. The van der Waals surface area contributed by atoms with Crippen LogP contribution in [-0.2, 0) is 19.1 Å². The Hall–Kier alpha value is -5.30. The number of anilines is 2. The number of nitrogens with zero attached hydrogens (tertiary/aromatic N) is 1. The van der Waals surface area contributed by atoms with Gasteiger partial charge >= 0.3 is 5.97 Å². The zero-order valence-corrected chi connectivity index (χ0v) is 24.4. The number of pyridine rings is 1. The second-order valence-electron chi connectivity index (χ2n) is 10.4. The number of fused-ring (bicyclic) bond motifs is 1. The predicted octanol–water partition coefficient (Wildman–Crippen LogP) is 4.94. The van der Waals surface area contributed by atoms with Crippen LogP contribution in [0.4, 0.5) is 20.2 Å². The summed E-state index contributed by atoms with van der Waals surface area (Å²) in [5, 5.41) is 5.74. The molecule has 1 saturated carbocycles. The average molecular weight is 621 g/mol. The van der Waals surface area contributed by atoms with Crippen LogP contribution in [0.1, 0.15) is 19.8 Å². The Kier molecular flexibility index (Phi) is 9.09. The quantitative estimate of drug-likeness (QED) is 0.148. The van der Waals surface area contributed by atoms with Crippen LogP contribution in [0.3, 0.4) is 0 Å². The number of hydrogen-bond donors (Lipinski definition) is 3. The first-order chi connectivity index (χ1) is 21.6. The zero-order chi connectivity index (χ0) is 32.1. The highest BCUT2D eigenvalue weighted by Gasteiger charge is 2.56. The van der Waals surface area contributed by atoms with Gasteiger partial charge in [0.1, 0.15) is 29.7 Å². The molecule has 5 rings (SSSR count). The van der Waals surface area contributed by atoms with Gasteiger partial charge < -0.3 is 35.3 Å². The van der Waals surface area contributed by atoms with Crippen LogP contribution in [-0.4, -0.2) is 49.1 Å². The number of carbonyl (C=O) groups is 3. The second kappa shape index (κ2) is 13.1. The van der Waals surface area contributed by atoms with E-state index in [2.05, 4.69) is 15.6 Å². The fourth-order valence-electron chi connectivity index (χ4n) is 4.50. The van der Waals surface area contributed by atoms with Crippen molar-refractivity contribution in [1.82, 2.24) is 4.98 Å². The minimum Gasteiger partial charge on any atom is -0.493 e. The Morgan fingerprint density at radius 1 is 0.911 bits per heavy atom. The Bertz CT molecular complexity index is 1750. The number of benzene rings is 3. The van der Waals surface area contributed by atoms with Crippen LogP contribution in [0.25, 0.3) is 10.9 Å². The lowest BCUT2D eigenvalue weighted by Gasteiger charge is -2.17. The van der Waals surface area contributed by atoms with Gasteiger partial charge in [-0.2, -0.15) is 0 Å². The number of amides is 2. The minimum absolute atomic E-state index is 0.0396. The van der Waals surface area contributed by atoms with Crippen molar-refractivity contribution in [3.05, 3.63) is 78.5 Å². The molecule has 1 unspecified atom stereocenters. The molecule has 0 radical (unpaired) electrons. The first-order valence-electron chi connectivity index (χ1n) is 14.0. The van der Waals surface area contributed by atoms with Crippen LogP contribution in [0.5, 0.6) is 23.0 Å². The fourth-order valence-corrected chi connectivity index (χ4v) is 4.50. The van der Waals surface area contributed by atoms with Gasteiger partial charge in [0, 0.05) is 35.1 Å². The molecule has 234 valence electrons. The van der Waals surface area contributed by atoms with Crippen LogP contribution < -0.4 is 30.6 Å². The minimum atomic E-state index is -1.30. The van der Waals surface area contributed by atoms with Crippen molar-refractivity contribution in [2.24, 2.45) is 11.1 Å². The SMILES string of the molecule is COc1cc2c(Oc3ccc(NC(=O)C4(C(=O)Nc5ccc(F)cc5)CC4)cc3F)ccnc2cc1OCC(C)OC(=O)CN. The van der Waals surface area contributed by atoms with E-state index < -0.39 is 40.9 Å². The van der Waals surface area contributed by atoms with Crippen molar-refractivity contribution in [3.8, 4) is 23.0 Å². The van der Waals surface area contributed by atoms with Crippen molar-refractivity contribution < 1.29 is 42.1 Å². The topological polar surface area (TPSA) is 151 Å². The van der Waals surface area contributed by atoms with Crippen molar-refractivity contribution in [2.75, 3.05) is 30.9 Å². The molecule has 0 bridgehead atoms. The second-order valence-corrected chi connectivity index (χ2v) is 10.4. The summed E-state index contributed by atoms with van der Waals surface area (Å²) in [5.41, 5.74) is 4.94. The number of rotatable bonds is 12. The van der Waals surface area contributed by atoms with E-state index in [1.807, 2.05) is 0 Å². The van der Waals surface area contributed by atoms with Crippen molar-refractivity contribution in [3.63, 3.8) is 0 Å². The summed E-state index contributed by atoms with van der Waals surface area (Å²) in [5.74, 6) is -2.02. The number of hydrogen-bond acceptors (Lipinski definition) is 9. The van der Waals surface area contributed by atoms with Gasteiger partial charge in [0.2, 0.25) is 11.8 Å². The van der Waals surface area contributed by atoms with E-state index >= 15 is 4.39 Å². The molecule has 0 saturated heterocycles. The molecule has 11 nitrogen and oxygen atoms in total. The largest absolute Gasteiger partial charge is 0.493 e. The third kappa shape index (κ3) is 7.10. The Balaban J connectivity index is 1.27. The summed E-state index contributed by atoms with van der Waals surface area (Å²) in [6, 6.07) is 13.9. The lowest BCUT2D eigenvalue weighted by molar-refractivity contribution is -0.147. The maximum Gasteiger partial charge on any atom is 0.320 e. The van der Waals surface area contributed by atoms with Gasteiger partial charge in [-0.25, -0.2) is 8.78 Å². The van der Waals surface area contributed by atoms with Gasteiger partial charge in [0.15, 0.2) is 23.1 Å². The van der Waals surface area contributed by atoms with E-state index in [0.29, 0.717) is 40.9 Å². The summed E-state index contributed by atoms with van der Waals surface area (Å²) in [4.78, 5) is 41.6. The number of ether oxygens (including phenoxy) is 4. The van der Waals surface area contributed by atoms with Crippen LogP contribution in [0, 0.1) is 17.0 Å². The first kappa shape index (κ1) is 31.1. The predicted molar refractivity (Wildman–Crippen MR) is 160 cm³/mol. The molecule has 45 heavy (non-hydrogen) atoms. The highest BCUT2D eigenvalue weighted by atomic mass is 19.1. The van der Waals surface area contributed by atoms with Gasteiger partial charge in [0.25, 0.3) is 0 Å². The van der Waals surface area contributed by atoms with Crippen molar-refractivity contribution >= 4 is 40.1 Å². The van der Waals surface area contributed by atoms with Gasteiger partial charge in [0.05, 0.1) is 19.2 Å². The highest BCUT2D eigenvalue weighted by Crippen LogP contribution is 2.47. The number of nitrogens with one attached hydrogen (secondary N) is 2. The van der Waals surface area contributed by atoms with E-state index in [9.17, 15) is 18.8 Å². The molecule has 13 heteroatoms. The molecule has 0 spiro atoms. The van der Waals surface area contributed by atoms with Crippen LogP contribution in [0.15, 0.2) is 66.9 Å². The van der Waals surface area contributed by atoms with E-state index in [0.717, 1.165) is 6.07 Å². The number of nitrogens with two attached hydrogens (primary N) is 1. The Labute approximate surface area is 256 Å². The fraction of sp³-hybridized carbons (Fsp3) is 0.250. The summed E-state index contributed by atoms with van der Waals surface area (Å²) < 4.78 is 50.6. The van der Waals surface area contributed by atoms with Crippen molar-refractivity contribution in [1.29, 1.82) is 0 Å². The highest BCUT2D eigenvalue weighted by molar-refractivity contribution is 6.16. The molecular formula is C32H30F2N4O7. The van der Waals surface area contributed by atoms with E-state index in [1.165, 1.54) is 49.7 Å². The maximum atomic E-state index is 15.2. The summed E-state index contributed by atoms with van der Waals surface area (Å²) >= 11 is 0. The third-order valence-electron chi connectivity index (χ3n) is 7.09. The first-order valence-corrected chi connectivity index (χ1v) is 14.0. The summed E-state index contributed by atoms with van der Waals surface area (Å²) in [7, 11) is 1.45. The van der Waals surface area contributed by atoms with Gasteiger partial charge in [-0.1, -0.05) is 0 Å². The molecule has 1 aromatic heterocycles. The third-order valence-corrected chi connectivity index (χ3v) is 7.09. The summed E-state index contributed by atoms with van der Waals surface area (Å²) in [6.45, 7) is 1.46. The van der Waals surface area contributed by atoms with Gasteiger partial charge in [-0.15, -0.1) is 0 Å². The van der Waals surface area contributed by atoms with E-state index in [-0.39, 0.29) is 30.3 Å². The van der Waals surface area contributed by atoms with E-state index in [1.54, 1.807) is 25.1 Å². The molecule has 1 atom stereocenters. The Morgan fingerprint density at radius 2 is 1.60 bits per heavy atom. The molecule has 4 N–H and O–H groups in total. The molecule has 1 heterocycles. The molecule has 1 fully saturated rings. The molecular weight excluding hydrogens is 590 g/mol. The van der Waals surface area contributed by atoms with Crippen LogP contribution >= 0.6 is 0 Å². The number of methoxy groups -OCH3 is 1. The van der Waals surface area contributed by atoms with E-state index in [4.69, 9.17) is 24.7 Å².